The van der Waals surface area contributed by atoms with Crippen LogP contribution in [0.2, 0.25) is 0 Å². The van der Waals surface area contributed by atoms with Gasteiger partial charge in [0.2, 0.25) is 0 Å². The van der Waals surface area contributed by atoms with Crippen LogP contribution in [-0.2, 0) is 11.0 Å². The summed E-state index contributed by atoms with van der Waals surface area (Å²) in [6, 6.07) is 7.92. The molecule has 1 heterocycles. The molecule has 1 aromatic carbocycles. The molecule has 0 saturated heterocycles. The normalized spacial score (nSPS) is 20.5. The van der Waals surface area contributed by atoms with Crippen molar-refractivity contribution in [2.45, 2.75) is 19.4 Å². The van der Waals surface area contributed by atoms with E-state index < -0.39 is 7.60 Å². The average molecular weight is 227 g/mol. The van der Waals surface area contributed by atoms with Crippen molar-refractivity contribution >= 4 is 13.3 Å². The molecule has 1 aliphatic heterocycles. The lowest BCUT2D eigenvalue weighted by Gasteiger charge is -2.24. The van der Waals surface area contributed by atoms with Gasteiger partial charge in [0.1, 0.15) is 6.29 Å². The third-order valence-electron chi connectivity index (χ3n) is 2.69. The molecule has 0 aromatic heterocycles. The molecule has 0 amide bonds. The number of nitrogens with zero attached hydrogens (tertiary/aromatic N) is 1. The lowest BCUT2D eigenvalue weighted by Crippen LogP contribution is -2.30. The first-order chi connectivity index (χ1) is 6.97. The molecule has 0 aliphatic carbocycles. The number of para-hydroxylation sites is 1. The Labute approximate surface area is 88.7 Å². The van der Waals surface area contributed by atoms with Gasteiger partial charge in [0, 0.05) is 11.7 Å². The number of anilines is 1. The molecule has 0 fully saturated rings. The molecule has 1 unspecified atom stereocenters. The zero-order chi connectivity index (χ0) is 11.1. The van der Waals surface area contributed by atoms with E-state index in [0.29, 0.717) is 0 Å². The molecule has 2 N–H and O–H groups in total. The van der Waals surface area contributed by atoms with Crippen molar-refractivity contribution in [2.24, 2.45) is 0 Å². The summed E-state index contributed by atoms with van der Waals surface area (Å²) in [6.45, 7) is 1.98. The highest BCUT2D eigenvalue weighted by atomic mass is 31.2. The number of hydrogen-bond donors (Lipinski definition) is 2. The minimum atomic E-state index is -3.98. The maximum Gasteiger partial charge on any atom is 0.344 e. The van der Waals surface area contributed by atoms with Gasteiger partial charge in [-0.1, -0.05) is 18.2 Å². The van der Waals surface area contributed by atoms with Crippen LogP contribution in [0.4, 0.5) is 5.69 Å². The predicted octanol–water partition coefficient (Wildman–Crippen LogP) is 1.57. The Kier molecular flexibility index (Phi) is 2.59. The molecule has 1 atom stereocenters. The number of benzene rings is 1. The van der Waals surface area contributed by atoms with Gasteiger partial charge in [0.05, 0.1) is 0 Å². The van der Waals surface area contributed by atoms with Crippen LogP contribution in [0, 0.1) is 0 Å². The fourth-order valence-corrected chi connectivity index (χ4v) is 2.87. The molecular formula is C10H14NO3P. The van der Waals surface area contributed by atoms with Gasteiger partial charge < -0.3 is 14.7 Å². The molecule has 0 spiro atoms. The molecule has 0 bridgehead atoms. The van der Waals surface area contributed by atoms with Crippen LogP contribution >= 0.6 is 7.60 Å². The summed E-state index contributed by atoms with van der Waals surface area (Å²) in [5.41, 5.74) is 2.12. The molecule has 2 rings (SSSR count). The van der Waals surface area contributed by atoms with Gasteiger partial charge in [-0.25, -0.2) is 0 Å². The lowest BCUT2D eigenvalue weighted by atomic mass is 10.1. The standard InChI is InChI=1S/C10H14NO3P/c1-8-6-9-4-2-3-5-10(9)11(8)7-15(12,13)14/h2-5,8H,6-7H2,1H3,(H2,12,13,14). The van der Waals surface area contributed by atoms with Gasteiger partial charge >= 0.3 is 7.60 Å². The number of hydrogen-bond acceptors (Lipinski definition) is 2. The first-order valence-electron chi connectivity index (χ1n) is 4.86. The molecule has 1 aliphatic rings. The number of fused-ring (bicyclic) bond motifs is 1. The highest BCUT2D eigenvalue weighted by Crippen LogP contribution is 2.41. The first-order valence-corrected chi connectivity index (χ1v) is 6.66. The molecule has 82 valence electrons. The van der Waals surface area contributed by atoms with Crippen molar-refractivity contribution in [3.05, 3.63) is 29.8 Å². The third-order valence-corrected chi connectivity index (χ3v) is 3.36. The van der Waals surface area contributed by atoms with Gasteiger partial charge in [-0.05, 0) is 25.0 Å². The maximum atomic E-state index is 11.0. The van der Waals surface area contributed by atoms with Crippen LogP contribution < -0.4 is 4.90 Å². The monoisotopic (exact) mass is 227 g/mol. The second-order valence-electron chi connectivity index (χ2n) is 3.96. The van der Waals surface area contributed by atoms with Crippen LogP contribution in [0.3, 0.4) is 0 Å². The van der Waals surface area contributed by atoms with E-state index in [-0.39, 0.29) is 12.3 Å². The average Bonchev–Trinajstić information content (AvgIpc) is 2.41. The summed E-state index contributed by atoms with van der Waals surface area (Å²) in [5.74, 6) is 0. The van der Waals surface area contributed by atoms with Gasteiger partial charge in [0.15, 0.2) is 0 Å². The fourth-order valence-electron chi connectivity index (χ4n) is 2.04. The quantitative estimate of drug-likeness (QED) is 0.753. The summed E-state index contributed by atoms with van der Waals surface area (Å²) in [4.78, 5) is 19.8. The van der Waals surface area contributed by atoms with E-state index in [1.54, 1.807) is 4.90 Å². The highest BCUT2D eigenvalue weighted by molar-refractivity contribution is 7.51. The first kappa shape index (κ1) is 10.7. The fraction of sp³-hybridized carbons (Fsp3) is 0.400. The third kappa shape index (κ3) is 2.23. The predicted molar refractivity (Wildman–Crippen MR) is 59.0 cm³/mol. The Morgan fingerprint density at radius 1 is 1.47 bits per heavy atom. The van der Waals surface area contributed by atoms with Crippen LogP contribution in [0.1, 0.15) is 12.5 Å². The molecule has 4 nitrogen and oxygen atoms in total. The Morgan fingerprint density at radius 3 is 2.80 bits per heavy atom. The summed E-state index contributed by atoms with van der Waals surface area (Å²) in [6.07, 6.45) is 0.668. The molecular weight excluding hydrogens is 213 g/mol. The summed E-state index contributed by atoms with van der Waals surface area (Å²) in [7, 11) is -3.98. The second-order valence-corrected chi connectivity index (χ2v) is 5.57. The summed E-state index contributed by atoms with van der Waals surface area (Å²) >= 11 is 0. The maximum absolute atomic E-state index is 11.0. The van der Waals surface area contributed by atoms with Crippen molar-refractivity contribution in [3.8, 4) is 0 Å². The van der Waals surface area contributed by atoms with Crippen molar-refractivity contribution in [1.29, 1.82) is 0 Å². The zero-order valence-corrected chi connectivity index (χ0v) is 9.39. The van der Waals surface area contributed by atoms with E-state index in [1.807, 2.05) is 31.2 Å². The molecule has 15 heavy (non-hydrogen) atoms. The Hall–Kier alpha value is -0.830. The van der Waals surface area contributed by atoms with Crippen LogP contribution in [0.25, 0.3) is 0 Å². The van der Waals surface area contributed by atoms with Gasteiger partial charge in [-0.3, -0.25) is 4.57 Å². The minimum absolute atomic E-state index is 0.162. The largest absolute Gasteiger partial charge is 0.357 e. The van der Waals surface area contributed by atoms with Gasteiger partial charge in [-0.15, -0.1) is 0 Å². The molecule has 0 radical (unpaired) electrons. The number of rotatable bonds is 2. The molecule has 0 saturated carbocycles. The van der Waals surface area contributed by atoms with Crippen LogP contribution in [0.15, 0.2) is 24.3 Å². The van der Waals surface area contributed by atoms with E-state index >= 15 is 0 Å². The van der Waals surface area contributed by atoms with Gasteiger partial charge in [0.25, 0.3) is 0 Å². The topological polar surface area (TPSA) is 60.8 Å². The Balaban J connectivity index is 2.30. The van der Waals surface area contributed by atoms with E-state index in [4.69, 9.17) is 9.79 Å². The molecule has 5 heteroatoms. The van der Waals surface area contributed by atoms with Crippen molar-refractivity contribution in [3.63, 3.8) is 0 Å². The lowest BCUT2D eigenvalue weighted by molar-refractivity contribution is 0.370. The van der Waals surface area contributed by atoms with E-state index in [0.717, 1.165) is 12.1 Å². The summed E-state index contributed by atoms with van der Waals surface area (Å²) in [5, 5.41) is 0. The van der Waals surface area contributed by atoms with Gasteiger partial charge in [-0.2, -0.15) is 0 Å². The smallest absolute Gasteiger partial charge is 0.344 e. The van der Waals surface area contributed by atoms with Crippen molar-refractivity contribution < 1.29 is 14.4 Å². The SMILES string of the molecule is CC1Cc2ccccc2N1CP(=O)(O)O. The van der Waals surface area contributed by atoms with Crippen LogP contribution in [0.5, 0.6) is 0 Å². The Morgan fingerprint density at radius 2 is 2.13 bits per heavy atom. The zero-order valence-electron chi connectivity index (χ0n) is 8.50. The molecule has 1 aromatic rings. The second kappa shape index (κ2) is 3.63. The van der Waals surface area contributed by atoms with Crippen molar-refractivity contribution in [1.82, 2.24) is 0 Å². The van der Waals surface area contributed by atoms with E-state index in [2.05, 4.69) is 0 Å². The minimum Gasteiger partial charge on any atom is -0.357 e. The van der Waals surface area contributed by atoms with Crippen LogP contribution in [-0.4, -0.2) is 22.1 Å². The van der Waals surface area contributed by atoms with Crippen molar-refractivity contribution in [2.75, 3.05) is 11.2 Å². The Bertz CT molecular complexity index is 415. The van der Waals surface area contributed by atoms with E-state index in [9.17, 15) is 4.57 Å². The van der Waals surface area contributed by atoms with E-state index in [1.165, 1.54) is 5.56 Å². The highest BCUT2D eigenvalue weighted by Gasteiger charge is 2.30. The summed E-state index contributed by atoms with van der Waals surface area (Å²) < 4.78 is 11.0.